The van der Waals surface area contributed by atoms with Crippen LogP contribution in [0.25, 0.3) is 11.1 Å². The van der Waals surface area contributed by atoms with Crippen molar-refractivity contribution in [2.24, 2.45) is 0 Å². The maximum atomic E-state index is 13.1. The number of nitrogens with zero attached hydrogens (tertiary/aromatic N) is 2. The second-order valence-corrected chi connectivity index (χ2v) is 6.37. The zero-order chi connectivity index (χ0) is 20.3. The van der Waals surface area contributed by atoms with E-state index in [0.717, 1.165) is 28.2 Å². The number of rotatable bonds is 4. The summed E-state index contributed by atoms with van der Waals surface area (Å²) in [5, 5.41) is 9.01. The molecule has 0 aliphatic rings. The van der Waals surface area contributed by atoms with Gasteiger partial charge in [0.15, 0.2) is 0 Å². The Morgan fingerprint density at radius 3 is 2.18 bits per heavy atom. The van der Waals surface area contributed by atoms with Crippen molar-refractivity contribution in [1.29, 1.82) is 0 Å². The molecule has 0 aliphatic carbocycles. The van der Waals surface area contributed by atoms with Crippen molar-refractivity contribution in [3.05, 3.63) is 83.1 Å². The van der Waals surface area contributed by atoms with Crippen LogP contribution >= 0.6 is 11.6 Å². The van der Waals surface area contributed by atoms with Gasteiger partial charge in [0.2, 0.25) is 0 Å². The fourth-order valence-electron chi connectivity index (χ4n) is 2.70. The highest BCUT2D eigenvalue weighted by Crippen LogP contribution is 2.37. The highest BCUT2D eigenvalue weighted by molar-refractivity contribution is 6.31. The number of alkyl halides is 3. The van der Waals surface area contributed by atoms with Gasteiger partial charge in [-0.3, -0.25) is 9.88 Å². The van der Waals surface area contributed by atoms with Crippen LogP contribution in [0.4, 0.5) is 23.7 Å². The number of carboxylic acid groups (broad SMARTS) is 1. The maximum Gasteiger partial charge on any atom is 0.417 e. The van der Waals surface area contributed by atoms with E-state index in [-0.39, 0.29) is 12.2 Å². The molecule has 0 unspecified atom stereocenters. The molecular formula is C20H14ClF3N2O2. The maximum absolute atomic E-state index is 13.1. The molecular weight excluding hydrogens is 393 g/mol. The zero-order valence-electron chi connectivity index (χ0n) is 14.3. The summed E-state index contributed by atoms with van der Waals surface area (Å²) in [6.07, 6.45) is -2.72. The van der Waals surface area contributed by atoms with Crippen LogP contribution in [-0.4, -0.2) is 16.2 Å². The van der Waals surface area contributed by atoms with Gasteiger partial charge in [0.05, 0.1) is 17.1 Å². The Kier molecular flexibility index (Phi) is 5.56. The highest BCUT2D eigenvalue weighted by atomic mass is 35.5. The van der Waals surface area contributed by atoms with Crippen molar-refractivity contribution >= 4 is 23.4 Å². The minimum Gasteiger partial charge on any atom is -0.465 e. The lowest BCUT2D eigenvalue weighted by atomic mass is 10.0. The number of benzene rings is 2. The molecule has 3 rings (SSSR count). The van der Waals surface area contributed by atoms with Gasteiger partial charge in [-0.25, -0.2) is 4.79 Å². The molecule has 144 valence electrons. The molecule has 8 heteroatoms. The highest BCUT2D eigenvalue weighted by Gasteiger charge is 2.34. The summed E-state index contributed by atoms with van der Waals surface area (Å²) < 4.78 is 39.2. The molecule has 0 saturated heterocycles. The van der Waals surface area contributed by atoms with E-state index < -0.39 is 22.9 Å². The minimum atomic E-state index is -4.68. The van der Waals surface area contributed by atoms with Gasteiger partial charge in [-0.2, -0.15) is 13.2 Å². The fourth-order valence-corrected chi connectivity index (χ4v) is 2.92. The first-order chi connectivity index (χ1) is 13.3. The number of halogens is 4. The van der Waals surface area contributed by atoms with Crippen molar-refractivity contribution in [3.8, 4) is 11.1 Å². The van der Waals surface area contributed by atoms with Crippen molar-refractivity contribution in [2.45, 2.75) is 12.7 Å². The Morgan fingerprint density at radius 1 is 1.00 bits per heavy atom. The van der Waals surface area contributed by atoms with E-state index in [1.807, 2.05) is 24.3 Å². The molecule has 1 heterocycles. The predicted octanol–water partition coefficient (Wildman–Crippen LogP) is 6.11. The zero-order valence-corrected chi connectivity index (χ0v) is 15.1. The van der Waals surface area contributed by atoms with Gasteiger partial charge in [0.1, 0.15) is 0 Å². The number of pyridine rings is 1. The smallest absolute Gasteiger partial charge is 0.417 e. The topological polar surface area (TPSA) is 53.4 Å². The minimum absolute atomic E-state index is 0.106. The Hall–Kier alpha value is -3.06. The molecule has 28 heavy (non-hydrogen) atoms. The number of hydrogen-bond donors (Lipinski definition) is 1. The van der Waals surface area contributed by atoms with E-state index in [2.05, 4.69) is 4.98 Å². The first kappa shape index (κ1) is 19.7. The molecule has 0 saturated carbocycles. The monoisotopic (exact) mass is 406 g/mol. The van der Waals surface area contributed by atoms with Crippen LogP contribution in [0.15, 0.2) is 67.0 Å². The summed E-state index contributed by atoms with van der Waals surface area (Å²) in [5.41, 5.74) is 1.31. The second-order valence-electron chi connectivity index (χ2n) is 5.96. The average molecular weight is 407 g/mol. The van der Waals surface area contributed by atoms with Gasteiger partial charge in [-0.05, 0) is 47.0 Å². The van der Waals surface area contributed by atoms with Gasteiger partial charge in [-0.15, -0.1) is 0 Å². The summed E-state index contributed by atoms with van der Waals surface area (Å²) in [7, 11) is 0. The van der Waals surface area contributed by atoms with Gasteiger partial charge in [-0.1, -0.05) is 35.9 Å². The molecule has 0 aliphatic heterocycles. The normalized spacial score (nSPS) is 11.3. The second kappa shape index (κ2) is 7.90. The average Bonchev–Trinajstić information content (AvgIpc) is 2.67. The molecule has 1 N–H and O–H groups in total. The van der Waals surface area contributed by atoms with Crippen LogP contribution in [0.2, 0.25) is 5.02 Å². The van der Waals surface area contributed by atoms with Crippen molar-refractivity contribution in [3.63, 3.8) is 0 Å². The van der Waals surface area contributed by atoms with Gasteiger partial charge in [0.25, 0.3) is 0 Å². The molecule has 0 radical (unpaired) electrons. The lowest BCUT2D eigenvalue weighted by Crippen LogP contribution is -2.28. The van der Waals surface area contributed by atoms with E-state index in [9.17, 15) is 23.1 Å². The first-order valence-corrected chi connectivity index (χ1v) is 8.50. The third-order valence-corrected chi connectivity index (χ3v) is 4.44. The molecule has 0 bridgehead atoms. The molecule has 3 aromatic rings. The molecule has 2 aromatic carbocycles. The molecule has 0 fully saturated rings. The fraction of sp³-hybridized carbons (Fsp3) is 0.100. The van der Waals surface area contributed by atoms with Crippen LogP contribution in [0.1, 0.15) is 11.1 Å². The largest absolute Gasteiger partial charge is 0.465 e. The van der Waals surface area contributed by atoms with Gasteiger partial charge < -0.3 is 5.11 Å². The van der Waals surface area contributed by atoms with Crippen LogP contribution < -0.4 is 4.90 Å². The summed E-state index contributed by atoms with van der Waals surface area (Å²) in [6.45, 7) is -0.106. The molecule has 0 spiro atoms. The molecule has 1 aromatic heterocycles. The summed E-state index contributed by atoms with van der Waals surface area (Å²) >= 11 is 5.61. The van der Waals surface area contributed by atoms with Gasteiger partial charge >= 0.3 is 12.3 Å². The summed E-state index contributed by atoms with van der Waals surface area (Å²) in [6, 6.07) is 13.8. The van der Waals surface area contributed by atoms with Crippen LogP contribution in [0.5, 0.6) is 0 Å². The third kappa shape index (κ3) is 4.43. The Morgan fingerprint density at radius 2 is 1.61 bits per heavy atom. The number of carbonyl (C=O) groups is 1. The first-order valence-electron chi connectivity index (χ1n) is 8.12. The number of amides is 1. The predicted molar refractivity (Wildman–Crippen MR) is 100 cm³/mol. The van der Waals surface area contributed by atoms with Gasteiger partial charge in [0, 0.05) is 18.1 Å². The standard InChI is InChI=1S/C20H14ClF3N2O2/c21-18-6-5-16(11-17(18)20(22,23)24)26(19(27)28)12-13-1-3-14(4-2-13)15-7-9-25-10-8-15/h1-11H,12H2,(H,27,28). The third-order valence-electron chi connectivity index (χ3n) is 4.11. The number of anilines is 1. The Labute approximate surface area is 163 Å². The van der Waals surface area contributed by atoms with Crippen molar-refractivity contribution in [2.75, 3.05) is 4.90 Å². The molecule has 1 amide bonds. The quantitative estimate of drug-likeness (QED) is 0.569. The van der Waals surface area contributed by atoms with Crippen molar-refractivity contribution in [1.82, 2.24) is 4.98 Å². The van der Waals surface area contributed by atoms with E-state index in [1.165, 1.54) is 6.07 Å². The lowest BCUT2D eigenvalue weighted by molar-refractivity contribution is -0.137. The SMILES string of the molecule is O=C(O)N(Cc1ccc(-c2ccncc2)cc1)c1ccc(Cl)c(C(F)(F)F)c1. The van der Waals surface area contributed by atoms with Crippen LogP contribution in [0.3, 0.4) is 0 Å². The van der Waals surface area contributed by atoms with E-state index >= 15 is 0 Å². The summed E-state index contributed by atoms with van der Waals surface area (Å²) in [4.78, 5) is 16.4. The van der Waals surface area contributed by atoms with E-state index in [4.69, 9.17) is 11.6 Å². The Balaban J connectivity index is 1.87. The lowest BCUT2D eigenvalue weighted by Gasteiger charge is -2.21. The number of aromatic nitrogens is 1. The Bertz CT molecular complexity index is 977. The van der Waals surface area contributed by atoms with E-state index in [1.54, 1.807) is 24.5 Å². The number of hydrogen-bond acceptors (Lipinski definition) is 2. The summed E-state index contributed by atoms with van der Waals surface area (Å²) in [5.74, 6) is 0. The van der Waals surface area contributed by atoms with E-state index in [0.29, 0.717) is 5.56 Å². The molecule has 4 nitrogen and oxygen atoms in total. The van der Waals surface area contributed by atoms with Crippen LogP contribution in [0, 0.1) is 0 Å². The molecule has 0 atom stereocenters. The van der Waals surface area contributed by atoms with Crippen molar-refractivity contribution < 1.29 is 23.1 Å². The van der Waals surface area contributed by atoms with Crippen LogP contribution in [-0.2, 0) is 12.7 Å².